The van der Waals surface area contributed by atoms with Crippen LogP contribution in [-0.4, -0.2) is 59.8 Å². The van der Waals surface area contributed by atoms with E-state index >= 15 is 0 Å². The molecule has 1 aliphatic rings. The zero-order valence-electron chi connectivity index (χ0n) is 17.4. The summed E-state index contributed by atoms with van der Waals surface area (Å²) in [4.78, 5) is 48.4. The number of Topliss-reactive ketones (excluding diaryl/α,β-unsaturated/α-hetero) is 1. The van der Waals surface area contributed by atoms with E-state index in [0.717, 1.165) is 24.5 Å². The van der Waals surface area contributed by atoms with Gasteiger partial charge in [0.25, 0.3) is 11.6 Å². The minimum absolute atomic E-state index is 0.0318. The Morgan fingerprint density at radius 1 is 1.17 bits per heavy atom. The predicted octanol–water partition coefficient (Wildman–Crippen LogP) is 1.90. The summed E-state index contributed by atoms with van der Waals surface area (Å²) in [5.74, 6) is -1.48. The van der Waals surface area contributed by atoms with Gasteiger partial charge in [0.2, 0.25) is 0 Å². The molecule has 0 aliphatic carbocycles. The Kier molecular flexibility index (Phi) is 6.09. The van der Waals surface area contributed by atoms with Crippen LogP contribution in [0.5, 0.6) is 0 Å². The number of sulfone groups is 1. The fraction of sp³-hybridized carbons (Fsp3) is 0.526. The Hall–Kier alpha value is -2.82. The molecule has 0 bridgehead atoms. The molecule has 1 heterocycles. The van der Waals surface area contributed by atoms with E-state index < -0.39 is 54.9 Å². The average Bonchev–Trinajstić information content (AvgIpc) is 2.55. The molecule has 164 valence electrons. The molecule has 11 heteroatoms. The Bertz CT molecular complexity index is 1010. The van der Waals surface area contributed by atoms with E-state index in [0.29, 0.717) is 0 Å². The fourth-order valence-electron chi connectivity index (χ4n) is 4.06. The van der Waals surface area contributed by atoms with Crippen molar-refractivity contribution in [3.63, 3.8) is 0 Å². The highest BCUT2D eigenvalue weighted by atomic mass is 32.2. The van der Waals surface area contributed by atoms with Gasteiger partial charge in [0.1, 0.15) is 10.7 Å². The molecule has 0 radical (unpaired) electrons. The van der Waals surface area contributed by atoms with Gasteiger partial charge in [-0.25, -0.2) is 13.2 Å². The molecule has 30 heavy (non-hydrogen) atoms. The summed E-state index contributed by atoms with van der Waals surface area (Å²) in [5.41, 5.74) is -2.54. The fourth-order valence-corrected chi connectivity index (χ4v) is 4.88. The number of nitrogens with zero attached hydrogens (tertiary/aromatic N) is 2. The molecule has 0 atom stereocenters. The highest BCUT2D eigenvalue weighted by Gasteiger charge is 2.47. The molecule has 0 aromatic heterocycles. The molecular formula is C19H24N2O8S. The first-order valence-electron chi connectivity index (χ1n) is 9.07. The van der Waals surface area contributed by atoms with Gasteiger partial charge in [-0.15, -0.1) is 0 Å². The van der Waals surface area contributed by atoms with Gasteiger partial charge in [0, 0.05) is 36.2 Å². The summed E-state index contributed by atoms with van der Waals surface area (Å²) < 4.78 is 28.4. The van der Waals surface area contributed by atoms with E-state index in [4.69, 9.17) is 4.74 Å². The van der Waals surface area contributed by atoms with Gasteiger partial charge in [-0.1, -0.05) is 0 Å². The number of hydrogen-bond acceptors (Lipinski definition) is 8. The third-order valence-corrected chi connectivity index (χ3v) is 5.98. The molecule has 10 nitrogen and oxygen atoms in total. The maximum absolute atomic E-state index is 12.8. The van der Waals surface area contributed by atoms with Crippen LogP contribution < -0.4 is 0 Å². The first kappa shape index (κ1) is 23.5. The van der Waals surface area contributed by atoms with Gasteiger partial charge in [-0.05, 0) is 39.8 Å². The number of esters is 1. The number of benzene rings is 1. The quantitative estimate of drug-likeness (QED) is 0.384. The van der Waals surface area contributed by atoms with Gasteiger partial charge in [-0.2, -0.15) is 0 Å². The van der Waals surface area contributed by atoms with Crippen molar-refractivity contribution in [2.45, 2.75) is 56.5 Å². The van der Waals surface area contributed by atoms with Crippen LogP contribution in [0.15, 0.2) is 23.1 Å². The number of carbonyl (C=O) groups is 3. The summed E-state index contributed by atoms with van der Waals surface area (Å²) in [6.45, 7) is 6.37. The van der Waals surface area contributed by atoms with Crippen molar-refractivity contribution in [2.75, 3.05) is 12.9 Å². The zero-order chi connectivity index (χ0) is 23.1. The smallest absolute Gasteiger partial charge is 0.338 e. The van der Waals surface area contributed by atoms with Crippen molar-refractivity contribution < 1.29 is 32.5 Å². The van der Waals surface area contributed by atoms with Crippen molar-refractivity contribution in [3.8, 4) is 0 Å². The second-order valence-electron chi connectivity index (χ2n) is 8.53. The third-order valence-electron chi connectivity index (χ3n) is 4.84. The lowest BCUT2D eigenvalue weighted by Crippen LogP contribution is -2.63. The van der Waals surface area contributed by atoms with E-state index in [-0.39, 0.29) is 24.2 Å². The van der Waals surface area contributed by atoms with E-state index in [1.54, 1.807) is 27.7 Å². The lowest BCUT2D eigenvalue weighted by atomic mass is 9.79. The molecule has 1 aromatic rings. The van der Waals surface area contributed by atoms with Crippen LogP contribution in [0.1, 0.15) is 50.9 Å². The van der Waals surface area contributed by atoms with Gasteiger partial charge >= 0.3 is 5.97 Å². The molecule has 1 saturated heterocycles. The number of ketones is 1. The summed E-state index contributed by atoms with van der Waals surface area (Å²) in [6, 6.07) is 2.84. The minimum Gasteiger partial charge on any atom is -0.452 e. The standard InChI is InChI=1S/C19H24N2O8S/c1-18(2)9-13(22)10-19(3,4)20(18)16(23)11-29-17(24)12-6-7-15(30(5,27)28)14(8-12)21(25)26/h6-8H,9-11H2,1-5H3. The van der Waals surface area contributed by atoms with Crippen LogP contribution in [0.2, 0.25) is 0 Å². The lowest BCUT2D eigenvalue weighted by molar-refractivity contribution is -0.387. The molecular weight excluding hydrogens is 416 g/mol. The number of carbonyl (C=O) groups excluding carboxylic acids is 3. The SMILES string of the molecule is CC1(C)CC(=O)CC(C)(C)N1C(=O)COC(=O)c1ccc(S(C)(=O)=O)c([N+](=O)[O-])c1. The van der Waals surface area contributed by atoms with E-state index in [1.807, 2.05) is 0 Å². The molecule has 0 spiro atoms. The van der Waals surface area contributed by atoms with Gasteiger partial charge in [0.15, 0.2) is 16.4 Å². The molecule has 2 rings (SSSR count). The molecule has 0 saturated carbocycles. The van der Waals surface area contributed by atoms with Crippen molar-refractivity contribution in [1.82, 2.24) is 4.90 Å². The molecule has 1 aromatic carbocycles. The monoisotopic (exact) mass is 440 g/mol. The minimum atomic E-state index is -3.87. The maximum atomic E-state index is 12.8. The average molecular weight is 440 g/mol. The molecule has 1 fully saturated rings. The number of amides is 1. The zero-order valence-corrected chi connectivity index (χ0v) is 18.2. The number of likely N-dealkylation sites (tertiary alicyclic amines) is 1. The largest absolute Gasteiger partial charge is 0.452 e. The van der Waals surface area contributed by atoms with Crippen LogP contribution in [0.25, 0.3) is 0 Å². The van der Waals surface area contributed by atoms with Crippen molar-refractivity contribution in [3.05, 3.63) is 33.9 Å². The number of ether oxygens (including phenoxy) is 1. The van der Waals surface area contributed by atoms with Crippen molar-refractivity contribution >= 4 is 33.2 Å². The first-order valence-corrected chi connectivity index (χ1v) is 11.0. The molecule has 0 N–H and O–H groups in total. The lowest BCUT2D eigenvalue weighted by Gasteiger charge is -2.51. The second kappa shape index (κ2) is 7.78. The topological polar surface area (TPSA) is 141 Å². The second-order valence-corrected chi connectivity index (χ2v) is 10.5. The van der Waals surface area contributed by atoms with Crippen molar-refractivity contribution in [1.29, 1.82) is 0 Å². The van der Waals surface area contributed by atoms with Crippen LogP contribution in [0, 0.1) is 10.1 Å². The van der Waals surface area contributed by atoms with Crippen LogP contribution in [-0.2, 0) is 24.2 Å². The third kappa shape index (κ3) is 4.84. The summed E-state index contributed by atoms with van der Waals surface area (Å²) in [7, 11) is -3.87. The number of hydrogen-bond donors (Lipinski definition) is 0. The number of nitro groups is 1. The molecule has 1 aliphatic heterocycles. The first-order chi connectivity index (χ1) is 13.6. The predicted molar refractivity (Wildman–Crippen MR) is 106 cm³/mol. The van der Waals surface area contributed by atoms with Crippen LogP contribution >= 0.6 is 0 Å². The van der Waals surface area contributed by atoms with Gasteiger partial charge < -0.3 is 9.64 Å². The maximum Gasteiger partial charge on any atom is 0.338 e. The highest BCUT2D eigenvalue weighted by molar-refractivity contribution is 7.90. The van der Waals surface area contributed by atoms with Crippen LogP contribution in [0.3, 0.4) is 0 Å². The van der Waals surface area contributed by atoms with Crippen LogP contribution in [0.4, 0.5) is 5.69 Å². The molecule has 1 amide bonds. The normalized spacial score (nSPS) is 18.0. The Morgan fingerprint density at radius 3 is 2.17 bits per heavy atom. The molecule has 0 unspecified atom stereocenters. The van der Waals surface area contributed by atoms with Crippen molar-refractivity contribution in [2.24, 2.45) is 0 Å². The van der Waals surface area contributed by atoms with Gasteiger partial charge in [-0.3, -0.25) is 19.7 Å². The number of rotatable bonds is 5. The number of nitro benzene ring substituents is 1. The van der Waals surface area contributed by atoms with Gasteiger partial charge in [0.05, 0.1) is 10.5 Å². The summed E-state index contributed by atoms with van der Waals surface area (Å²) in [5, 5.41) is 11.2. The van der Waals surface area contributed by atoms with E-state index in [9.17, 15) is 32.9 Å². The Morgan fingerprint density at radius 2 is 1.70 bits per heavy atom. The highest BCUT2D eigenvalue weighted by Crippen LogP contribution is 2.36. The summed E-state index contributed by atoms with van der Waals surface area (Å²) >= 11 is 0. The summed E-state index contributed by atoms with van der Waals surface area (Å²) in [6.07, 6.45) is 1.17. The Labute approximate surface area is 174 Å². The van der Waals surface area contributed by atoms with E-state index in [1.165, 1.54) is 4.90 Å². The number of piperidine rings is 1. The Balaban J connectivity index is 2.21. The van der Waals surface area contributed by atoms with E-state index in [2.05, 4.69) is 0 Å².